The SMILES string of the molecule is CCCCCCCCC=CCCCCCCCC(=O)OC(CN)CCOCCCC.CCCCCCCCC=CCCCCCCCC(N)=O. The van der Waals surface area contributed by atoms with Crippen molar-refractivity contribution in [2.45, 2.75) is 226 Å². The van der Waals surface area contributed by atoms with E-state index in [1.807, 2.05) is 0 Å². The van der Waals surface area contributed by atoms with Gasteiger partial charge in [-0.05, 0) is 70.6 Å². The summed E-state index contributed by atoms with van der Waals surface area (Å²) in [5.74, 6) is -0.278. The molecule has 0 aliphatic heterocycles. The molecule has 0 saturated heterocycles. The number of nitrogens with two attached hydrogens (primary N) is 2. The normalized spacial score (nSPS) is 12.0. The predicted octanol–water partition coefficient (Wildman–Crippen LogP) is 12.6. The van der Waals surface area contributed by atoms with Crippen LogP contribution in [0.4, 0.5) is 0 Å². The Kier molecular flexibility index (Phi) is 45.8. The van der Waals surface area contributed by atoms with E-state index in [9.17, 15) is 9.59 Å². The summed E-state index contributed by atoms with van der Waals surface area (Å²) in [6, 6.07) is 0. The zero-order chi connectivity index (χ0) is 37.0. The Morgan fingerprint density at radius 1 is 0.500 bits per heavy atom. The number of primary amides is 1. The molecule has 0 heterocycles. The fourth-order valence-electron chi connectivity index (χ4n) is 5.74. The molecule has 1 atom stereocenters. The number of hydrogen-bond donors (Lipinski definition) is 2. The number of unbranched alkanes of at least 4 members (excludes halogenated alkanes) is 23. The molecule has 0 aliphatic rings. The van der Waals surface area contributed by atoms with E-state index in [1.54, 1.807) is 0 Å². The van der Waals surface area contributed by atoms with Gasteiger partial charge in [0, 0.05) is 32.4 Å². The van der Waals surface area contributed by atoms with Crippen LogP contribution in [0, 0.1) is 0 Å². The molecule has 1 amide bonds. The van der Waals surface area contributed by atoms with Gasteiger partial charge in [0.05, 0.1) is 6.61 Å². The number of esters is 1. The minimum atomic E-state index is -0.206. The molecule has 6 nitrogen and oxygen atoms in total. The second-order valence-electron chi connectivity index (χ2n) is 14.2. The molecular weight excluding hydrogens is 620 g/mol. The van der Waals surface area contributed by atoms with E-state index in [-0.39, 0.29) is 18.0 Å². The average Bonchev–Trinajstić information content (AvgIpc) is 3.11. The lowest BCUT2D eigenvalue weighted by molar-refractivity contribution is -0.149. The third-order valence-corrected chi connectivity index (χ3v) is 9.12. The second-order valence-corrected chi connectivity index (χ2v) is 14.2. The summed E-state index contributed by atoms with van der Waals surface area (Å²) in [6.07, 6.45) is 46.2. The first-order valence-electron chi connectivity index (χ1n) is 21.6. The highest BCUT2D eigenvalue weighted by molar-refractivity contribution is 5.73. The molecule has 0 bridgehead atoms. The number of ether oxygens (including phenoxy) is 2. The van der Waals surface area contributed by atoms with Gasteiger partial charge < -0.3 is 20.9 Å². The van der Waals surface area contributed by atoms with Crippen LogP contribution in [0.5, 0.6) is 0 Å². The van der Waals surface area contributed by atoms with Crippen molar-refractivity contribution in [1.82, 2.24) is 0 Å². The van der Waals surface area contributed by atoms with Crippen LogP contribution in [0.15, 0.2) is 24.3 Å². The summed E-state index contributed by atoms with van der Waals surface area (Å²) in [4.78, 5) is 22.5. The fourth-order valence-corrected chi connectivity index (χ4v) is 5.74. The number of hydrogen-bond acceptors (Lipinski definition) is 5. The van der Waals surface area contributed by atoms with Crippen molar-refractivity contribution < 1.29 is 19.1 Å². The maximum Gasteiger partial charge on any atom is 0.306 e. The predicted molar refractivity (Wildman–Crippen MR) is 217 cm³/mol. The molecule has 4 N–H and O–H groups in total. The van der Waals surface area contributed by atoms with Gasteiger partial charge in [0.15, 0.2) is 0 Å². The van der Waals surface area contributed by atoms with Crippen molar-refractivity contribution in [3.8, 4) is 0 Å². The van der Waals surface area contributed by atoms with E-state index in [0.29, 0.717) is 32.4 Å². The molecule has 0 spiro atoms. The van der Waals surface area contributed by atoms with Gasteiger partial charge in [-0.15, -0.1) is 0 Å². The van der Waals surface area contributed by atoms with Crippen LogP contribution in [-0.4, -0.2) is 37.7 Å². The van der Waals surface area contributed by atoms with Gasteiger partial charge >= 0.3 is 5.97 Å². The zero-order valence-corrected chi connectivity index (χ0v) is 33.7. The molecule has 0 aromatic rings. The van der Waals surface area contributed by atoms with Crippen LogP contribution in [0.1, 0.15) is 220 Å². The Hall–Kier alpha value is -1.66. The van der Waals surface area contributed by atoms with Crippen molar-refractivity contribution in [3.63, 3.8) is 0 Å². The van der Waals surface area contributed by atoms with E-state index < -0.39 is 0 Å². The van der Waals surface area contributed by atoms with E-state index in [0.717, 1.165) is 45.1 Å². The maximum absolute atomic E-state index is 12.0. The number of carbonyl (C=O) groups excluding carboxylic acids is 2. The van der Waals surface area contributed by atoms with Crippen molar-refractivity contribution in [2.75, 3.05) is 19.8 Å². The lowest BCUT2D eigenvalue weighted by atomic mass is 10.1. The number of rotatable bonds is 38. The summed E-state index contributed by atoms with van der Waals surface area (Å²) >= 11 is 0. The Morgan fingerprint density at radius 2 is 0.880 bits per heavy atom. The number of allylic oxidation sites excluding steroid dienone is 4. The van der Waals surface area contributed by atoms with Gasteiger partial charge in [-0.25, -0.2) is 0 Å². The molecule has 0 saturated carbocycles. The topological polar surface area (TPSA) is 105 Å². The van der Waals surface area contributed by atoms with E-state index in [1.165, 1.54) is 141 Å². The standard InChI is InChI=1S/C26H51NO3.C18H35NO/c1-3-5-7-8-9-10-11-12-13-14-15-16-17-18-19-20-26(28)30-25(24-27)21-23-29-22-6-4-2;1-2-3-4-5-6-7-8-9-10-11-12-13-14-15-16-17-18(19)20/h12-13,25H,3-11,14-24,27H2,1-2H3;9-10H,2-8,11-17H2,1H3,(H2,19,20). The highest BCUT2D eigenvalue weighted by Crippen LogP contribution is 2.12. The van der Waals surface area contributed by atoms with Crippen molar-refractivity contribution in [2.24, 2.45) is 11.5 Å². The molecule has 0 fully saturated rings. The van der Waals surface area contributed by atoms with Crippen LogP contribution in [0.2, 0.25) is 0 Å². The number of amides is 1. The summed E-state index contributed by atoms with van der Waals surface area (Å²) < 4.78 is 11.0. The van der Waals surface area contributed by atoms with Gasteiger partial charge in [0.25, 0.3) is 0 Å². The molecule has 0 aromatic heterocycles. The average molecular weight is 707 g/mol. The quantitative estimate of drug-likeness (QED) is 0.0378. The highest BCUT2D eigenvalue weighted by atomic mass is 16.5. The van der Waals surface area contributed by atoms with E-state index in [2.05, 4.69) is 45.1 Å². The molecule has 296 valence electrons. The Bertz CT molecular complexity index is 740. The van der Waals surface area contributed by atoms with Crippen molar-refractivity contribution >= 4 is 11.9 Å². The molecule has 0 aliphatic carbocycles. The third kappa shape index (κ3) is 46.3. The molecule has 1 unspecified atom stereocenters. The smallest absolute Gasteiger partial charge is 0.306 e. The van der Waals surface area contributed by atoms with Crippen LogP contribution in [0.25, 0.3) is 0 Å². The largest absolute Gasteiger partial charge is 0.461 e. The molecule has 50 heavy (non-hydrogen) atoms. The Balaban J connectivity index is 0. The van der Waals surface area contributed by atoms with Gasteiger partial charge in [0.2, 0.25) is 5.91 Å². The molecule has 0 aromatic carbocycles. The lowest BCUT2D eigenvalue weighted by Crippen LogP contribution is -2.28. The van der Waals surface area contributed by atoms with Crippen LogP contribution < -0.4 is 11.5 Å². The fraction of sp³-hybridized carbons (Fsp3) is 0.864. The van der Waals surface area contributed by atoms with Crippen LogP contribution in [0.3, 0.4) is 0 Å². The monoisotopic (exact) mass is 707 g/mol. The van der Waals surface area contributed by atoms with E-state index in [4.69, 9.17) is 20.9 Å². The number of carbonyl (C=O) groups is 2. The minimum Gasteiger partial charge on any atom is -0.461 e. The van der Waals surface area contributed by atoms with Crippen molar-refractivity contribution in [1.29, 1.82) is 0 Å². The summed E-state index contributed by atoms with van der Waals surface area (Å²) in [5, 5.41) is 0. The van der Waals surface area contributed by atoms with Crippen LogP contribution >= 0.6 is 0 Å². The summed E-state index contributed by atoms with van der Waals surface area (Å²) in [5.41, 5.74) is 10.8. The van der Waals surface area contributed by atoms with Crippen LogP contribution in [-0.2, 0) is 19.1 Å². The third-order valence-electron chi connectivity index (χ3n) is 9.12. The van der Waals surface area contributed by atoms with Gasteiger partial charge in [-0.1, -0.05) is 154 Å². The highest BCUT2D eigenvalue weighted by Gasteiger charge is 2.12. The summed E-state index contributed by atoms with van der Waals surface area (Å²) in [7, 11) is 0. The Labute approximate surface area is 311 Å². The second kappa shape index (κ2) is 45.4. The first-order chi connectivity index (χ1) is 24.5. The molecule has 0 rings (SSSR count). The maximum atomic E-state index is 12.0. The van der Waals surface area contributed by atoms with Gasteiger partial charge in [-0.3, -0.25) is 9.59 Å². The van der Waals surface area contributed by atoms with Gasteiger partial charge in [0.1, 0.15) is 6.10 Å². The Morgan fingerprint density at radius 3 is 1.28 bits per heavy atom. The zero-order valence-electron chi connectivity index (χ0n) is 33.7. The molecular formula is C44H86N2O4. The van der Waals surface area contributed by atoms with Gasteiger partial charge in [-0.2, -0.15) is 0 Å². The van der Waals surface area contributed by atoms with Crippen molar-refractivity contribution in [3.05, 3.63) is 24.3 Å². The molecule has 0 radical (unpaired) electrons. The first-order valence-corrected chi connectivity index (χ1v) is 21.6. The first kappa shape index (κ1) is 50.4. The lowest BCUT2D eigenvalue weighted by Gasteiger charge is -2.16. The van der Waals surface area contributed by atoms with E-state index >= 15 is 0 Å². The minimum absolute atomic E-state index is 0.114. The molecule has 6 heteroatoms. The summed E-state index contributed by atoms with van der Waals surface area (Å²) in [6.45, 7) is 8.43.